The number of likely N-dealkylation sites (tertiary alicyclic amines) is 1. The minimum Gasteiger partial charge on any atom is -0.329 e. The van der Waals surface area contributed by atoms with Crippen molar-refractivity contribution in [3.8, 4) is 0 Å². The van der Waals surface area contributed by atoms with Crippen molar-refractivity contribution in [2.45, 2.75) is 19.3 Å². The number of nitrogens with zero attached hydrogens (tertiary/aromatic N) is 1. The van der Waals surface area contributed by atoms with Crippen LogP contribution in [0.5, 0.6) is 0 Å². The topological polar surface area (TPSA) is 63.4 Å². The first kappa shape index (κ1) is 9.33. The quantitative estimate of drug-likeness (QED) is 0.648. The minimum atomic E-state index is 0.0165. The van der Waals surface area contributed by atoms with E-state index in [4.69, 9.17) is 5.73 Å². The van der Waals surface area contributed by atoms with Crippen LogP contribution in [0.25, 0.3) is 0 Å². The Hall–Kier alpha value is -0.900. The van der Waals surface area contributed by atoms with Gasteiger partial charge >= 0.3 is 0 Å². The molecule has 3 aliphatic rings. The maximum absolute atomic E-state index is 12.0. The van der Waals surface area contributed by atoms with Gasteiger partial charge in [-0.15, -0.1) is 0 Å². The molecule has 4 heteroatoms. The number of hydrogen-bond donors (Lipinski definition) is 1. The summed E-state index contributed by atoms with van der Waals surface area (Å²) in [5.41, 5.74) is 5.42. The van der Waals surface area contributed by atoms with Gasteiger partial charge in [-0.25, -0.2) is 0 Å². The van der Waals surface area contributed by atoms with Crippen LogP contribution in [0.15, 0.2) is 0 Å². The molecule has 1 heterocycles. The van der Waals surface area contributed by atoms with E-state index in [1.54, 1.807) is 0 Å². The third-order valence-electron chi connectivity index (χ3n) is 4.37. The van der Waals surface area contributed by atoms with Gasteiger partial charge < -0.3 is 5.73 Å². The molecule has 1 saturated heterocycles. The van der Waals surface area contributed by atoms with Crippen LogP contribution in [0.2, 0.25) is 0 Å². The van der Waals surface area contributed by atoms with E-state index in [1.807, 2.05) is 0 Å². The van der Waals surface area contributed by atoms with Crippen molar-refractivity contribution < 1.29 is 9.59 Å². The lowest BCUT2D eigenvalue weighted by atomic mass is 9.81. The number of nitrogens with two attached hydrogens (primary N) is 1. The largest absolute Gasteiger partial charge is 0.329 e. The van der Waals surface area contributed by atoms with E-state index < -0.39 is 0 Å². The third kappa shape index (κ3) is 1.06. The molecule has 2 amide bonds. The van der Waals surface area contributed by atoms with Crippen LogP contribution in [0.1, 0.15) is 19.3 Å². The summed E-state index contributed by atoms with van der Waals surface area (Å²) in [6.07, 6.45) is 3.38. The minimum absolute atomic E-state index is 0.0165. The normalized spacial score (nSPS) is 42.9. The van der Waals surface area contributed by atoms with Gasteiger partial charge in [-0.2, -0.15) is 0 Å². The van der Waals surface area contributed by atoms with Crippen molar-refractivity contribution in [2.24, 2.45) is 29.4 Å². The number of carbonyl (C=O) groups is 2. The fourth-order valence-electron chi connectivity index (χ4n) is 3.82. The van der Waals surface area contributed by atoms with Gasteiger partial charge in [0.2, 0.25) is 11.8 Å². The van der Waals surface area contributed by atoms with Crippen LogP contribution in [-0.2, 0) is 9.59 Å². The zero-order chi connectivity index (χ0) is 10.6. The van der Waals surface area contributed by atoms with Crippen molar-refractivity contribution >= 4 is 11.8 Å². The average Bonchev–Trinajstić information content (AvgIpc) is 2.87. The van der Waals surface area contributed by atoms with E-state index in [0.29, 0.717) is 24.9 Å². The number of amides is 2. The lowest BCUT2D eigenvalue weighted by Gasteiger charge is -2.19. The summed E-state index contributed by atoms with van der Waals surface area (Å²) in [6.45, 7) is 0.788. The zero-order valence-electron chi connectivity index (χ0n) is 8.69. The Morgan fingerprint density at radius 2 is 1.67 bits per heavy atom. The number of imide groups is 1. The third-order valence-corrected chi connectivity index (χ3v) is 4.37. The predicted molar refractivity (Wildman–Crippen MR) is 53.6 cm³/mol. The molecular weight excluding hydrogens is 192 g/mol. The Balaban J connectivity index is 1.90. The Labute approximate surface area is 88.8 Å². The van der Waals surface area contributed by atoms with Crippen LogP contribution in [0.4, 0.5) is 0 Å². The molecule has 0 aromatic carbocycles. The maximum atomic E-state index is 12.0. The molecule has 1 aliphatic heterocycles. The average molecular weight is 208 g/mol. The Kier molecular flexibility index (Phi) is 1.89. The van der Waals surface area contributed by atoms with Crippen molar-refractivity contribution in [1.82, 2.24) is 4.90 Å². The van der Waals surface area contributed by atoms with Crippen LogP contribution in [0, 0.1) is 23.7 Å². The van der Waals surface area contributed by atoms with E-state index in [2.05, 4.69) is 0 Å². The number of rotatable bonds is 2. The molecular formula is C11H16N2O2. The van der Waals surface area contributed by atoms with Crippen molar-refractivity contribution in [3.05, 3.63) is 0 Å². The Morgan fingerprint density at radius 3 is 2.13 bits per heavy atom. The van der Waals surface area contributed by atoms with E-state index >= 15 is 0 Å². The first-order valence-electron chi connectivity index (χ1n) is 5.79. The van der Waals surface area contributed by atoms with Gasteiger partial charge in [-0.1, -0.05) is 0 Å². The van der Waals surface area contributed by atoms with Gasteiger partial charge in [0.15, 0.2) is 0 Å². The molecule has 15 heavy (non-hydrogen) atoms. The van der Waals surface area contributed by atoms with E-state index in [1.165, 1.54) is 4.90 Å². The maximum Gasteiger partial charge on any atom is 0.233 e. The monoisotopic (exact) mass is 208 g/mol. The van der Waals surface area contributed by atoms with Crippen LogP contribution in [-0.4, -0.2) is 29.8 Å². The molecule has 2 aliphatic carbocycles. The fraction of sp³-hybridized carbons (Fsp3) is 0.818. The highest BCUT2D eigenvalue weighted by Gasteiger charge is 2.60. The molecule has 4 nitrogen and oxygen atoms in total. The van der Waals surface area contributed by atoms with Gasteiger partial charge in [0.25, 0.3) is 0 Å². The zero-order valence-corrected chi connectivity index (χ0v) is 8.69. The van der Waals surface area contributed by atoms with E-state index in [0.717, 1.165) is 19.3 Å². The van der Waals surface area contributed by atoms with Gasteiger partial charge in [-0.3, -0.25) is 14.5 Å². The fourth-order valence-corrected chi connectivity index (χ4v) is 3.82. The molecule has 0 aromatic rings. The predicted octanol–water partition coefficient (Wildman–Crippen LogP) is -0.0238. The summed E-state index contributed by atoms with van der Waals surface area (Å²) in [4.78, 5) is 25.5. The summed E-state index contributed by atoms with van der Waals surface area (Å²) in [5.74, 6) is 1.12. The molecule has 0 spiro atoms. The van der Waals surface area contributed by atoms with Crippen LogP contribution in [0.3, 0.4) is 0 Å². The molecule has 3 rings (SSSR count). The molecule has 2 bridgehead atoms. The molecule has 4 atom stereocenters. The molecule has 2 saturated carbocycles. The summed E-state index contributed by atoms with van der Waals surface area (Å²) >= 11 is 0. The van der Waals surface area contributed by atoms with E-state index in [-0.39, 0.29) is 23.7 Å². The number of hydrogen-bond acceptors (Lipinski definition) is 3. The van der Waals surface area contributed by atoms with Crippen LogP contribution >= 0.6 is 0 Å². The second-order valence-electron chi connectivity index (χ2n) is 5.00. The van der Waals surface area contributed by atoms with Gasteiger partial charge in [0, 0.05) is 13.1 Å². The first-order valence-corrected chi connectivity index (χ1v) is 5.79. The lowest BCUT2D eigenvalue weighted by Crippen LogP contribution is -2.36. The smallest absolute Gasteiger partial charge is 0.233 e. The number of carbonyl (C=O) groups excluding carboxylic acids is 2. The standard InChI is InChI=1S/C11H16N2O2/c12-3-4-13-10(14)8-6-1-2-7(5-6)9(8)11(13)15/h6-9H,1-5,12H2. The summed E-state index contributed by atoms with van der Waals surface area (Å²) < 4.78 is 0. The second-order valence-corrected chi connectivity index (χ2v) is 5.00. The van der Waals surface area contributed by atoms with Crippen molar-refractivity contribution in [2.75, 3.05) is 13.1 Å². The van der Waals surface area contributed by atoms with Gasteiger partial charge in [-0.05, 0) is 31.1 Å². The van der Waals surface area contributed by atoms with E-state index in [9.17, 15) is 9.59 Å². The Bertz CT molecular complexity index is 301. The highest BCUT2D eigenvalue weighted by Crippen LogP contribution is 2.55. The SMILES string of the molecule is NCCN1C(=O)C2C3CCC(C3)C2C1=O. The van der Waals surface area contributed by atoms with Gasteiger partial charge in [0.1, 0.15) is 0 Å². The number of fused-ring (bicyclic) bond motifs is 5. The van der Waals surface area contributed by atoms with Crippen molar-refractivity contribution in [3.63, 3.8) is 0 Å². The molecule has 3 fully saturated rings. The molecule has 4 unspecified atom stereocenters. The summed E-state index contributed by atoms with van der Waals surface area (Å²) in [7, 11) is 0. The van der Waals surface area contributed by atoms with Crippen LogP contribution < -0.4 is 5.73 Å². The molecule has 0 radical (unpaired) electrons. The van der Waals surface area contributed by atoms with Gasteiger partial charge in [0.05, 0.1) is 11.8 Å². The molecule has 2 N–H and O–H groups in total. The Morgan fingerprint density at radius 1 is 1.13 bits per heavy atom. The highest BCUT2D eigenvalue weighted by atomic mass is 16.2. The highest BCUT2D eigenvalue weighted by molar-refractivity contribution is 6.06. The molecule has 82 valence electrons. The first-order chi connectivity index (χ1) is 7.24. The lowest BCUT2D eigenvalue weighted by molar-refractivity contribution is -0.140. The summed E-state index contributed by atoms with van der Waals surface area (Å²) in [6, 6.07) is 0. The summed E-state index contributed by atoms with van der Waals surface area (Å²) in [5, 5.41) is 0. The van der Waals surface area contributed by atoms with Crippen molar-refractivity contribution in [1.29, 1.82) is 0 Å². The molecule has 0 aromatic heterocycles. The second kappa shape index (κ2) is 3.04.